The van der Waals surface area contributed by atoms with Crippen LogP contribution in [0.4, 0.5) is 5.82 Å². The number of hydrogen-bond donors (Lipinski definition) is 1. The maximum absolute atomic E-state index is 12.0. The molecule has 0 radical (unpaired) electrons. The van der Waals surface area contributed by atoms with Crippen molar-refractivity contribution < 1.29 is 4.79 Å². The molecule has 0 saturated heterocycles. The molecule has 0 aliphatic rings. The van der Waals surface area contributed by atoms with Crippen LogP contribution in [0.1, 0.15) is 36.2 Å². The van der Waals surface area contributed by atoms with Gasteiger partial charge in [0.2, 0.25) is 0 Å². The normalized spacial score (nSPS) is 10.8. The molecule has 0 spiro atoms. The number of nitrogen functional groups attached to an aromatic ring is 1. The fourth-order valence-electron chi connectivity index (χ4n) is 1.74. The summed E-state index contributed by atoms with van der Waals surface area (Å²) in [5.74, 6) is 0.408. The first-order valence-electron chi connectivity index (χ1n) is 6.06. The van der Waals surface area contributed by atoms with Gasteiger partial charge < -0.3 is 10.6 Å². The SMILES string of the molecule is CCN(CC)CCC(=O)c1cc(C)cnc1N. The number of Topliss-reactive ketones (excluding diaryl/α,β-unsaturated/α-hetero) is 1. The molecule has 94 valence electrons. The van der Waals surface area contributed by atoms with Crippen LogP contribution >= 0.6 is 0 Å². The second kappa shape index (κ2) is 6.35. The summed E-state index contributed by atoms with van der Waals surface area (Å²) < 4.78 is 0. The van der Waals surface area contributed by atoms with Gasteiger partial charge in [-0.1, -0.05) is 13.8 Å². The summed E-state index contributed by atoms with van der Waals surface area (Å²) >= 11 is 0. The van der Waals surface area contributed by atoms with Crippen LogP contribution in [-0.4, -0.2) is 35.3 Å². The van der Waals surface area contributed by atoms with E-state index < -0.39 is 0 Å². The Morgan fingerprint density at radius 2 is 2.06 bits per heavy atom. The molecule has 0 aliphatic carbocycles. The molecule has 1 rings (SSSR count). The average molecular weight is 235 g/mol. The quantitative estimate of drug-likeness (QED) is 0.765. The molecule has 0 aliphatic heterocycles. The minimum atomic E-state index is 0.0746. The van der Waals surface area contributed by atoms with Gasteiger partial charge in [-0.25, -0.2) is 4.98 Å². The van der Waals surface area contributed by atoms with E-state index in [2.05, 4.69) is 23.7 Å². The molecule has 4 nitrogen and oxygen atoms in total. The van der Waals surface area contributed by atoms with Gasteiger partial charge in [-0.2, -0.15) is 0 Å². The minimum absolute atomic E-state index is 0.0746. The van der Waals surface area contributed by atoms with Crippen LogP contribution in [0, 0.1) is 6.92 Å². The van der Waals surface area contributed by atoms with Gasteiger partial charge in [0.25, 0.3) is 0 Å². The van der Waals surface area contributed by atoms with E-state index in [1.807, 2.05) is 13.0 Å². The molecular formula is C13H21N3O. The monoisotopic (exact) mass is 235 g/mol. The van der Waals surface area contributed by atoms with E-state index in [-0.39, 0.29) is 5.78 Å². The van der Waals surface area contributed by atoms with E-state index in [0.717, 1.165) is 25.2 Å². The van der Waals surface area contributed by atoms with Gasteiger partial charge in [0.1, 0.15) is 5.82 Å². The van der Waals surface area contributed by atoms with Gasteiger partial charge in [0.15, 0.2) is 5.78 Å². The number of nitrogens with zero attached hydrogens (tertiary/aromatic N) is 2. The largest absolute Gasteiger partial charge is 0.383 e. The topological polar surface area (TPSA) is 59.2 Å². The Balaban J connectivity index is 2.66. The lowest BCUT2D eigenvalue weighted by molar-refractivity contribution is 0.0967. The number of aromatic nitrogens is 1. The highest BCUT2D eigenvalue weighted by molar-refractivity contribution is 6.00. The van der Waals surface area contributed by atoms with E-state index >= 15 is 0 Å². The third-order valence-corrected chi connectivity index (χ3v) is 2.91. The predicted molar refractivity (Wildman–Crippen MR) is 70.1 cm³/mol. The Labute approximate surface area is 103 Å². The predicted octanol–water partition coefficient (Wildman–Crippen LogP) is 1.89. The zero-order chi connectivity index (χ0) is 12.8. The lowest BCUT2D eigenvalue weighted by Gasteiger charge is -2.17. The fraction of sp³-hybridized carbons (Fsp3) is 0.538. The van der Waals surface area contributed by atoms with E-state index in [9.17, 15) is 4.79 Å². The smallest absolute Gasteiger partial charge is 0.167 e. The highest BCUT2D eigenvalue weighted by Gasteiger charge is 2.12. The molecule has 17 heavy (non-hydrogen) atoms. The molecule has 0 atom stereocenters. The number of hydrogen-bond acceptors (Lipinski definition) is 4. The molecular weight excluding hydrogens is 214 g/mol. The van der Waals surface area contributed by atoms with Crippen molar-refractivity contribution in [1.29, 1.82) is 0 Å². The Bertz CT molecular complexity index is 386. The minimum Gasteiger partial charge on any atom is -0.383 e. The zero-order valence-electron chi connectivity index (χ0n) is 10.9. The first-order valence-corrected chi connectivity index (χ1v) is 6.06. The van der Waals surface area contributed by atoms with Crippen LogP contribution in [-0.2, 0) is 0 Å². The van der Waals surface area contributed by atoms with E-state index in [4.69, 9.17) is 5.73 Å². The van der Waals surface area contributed by atoms with Gasteiger partial charge in [-0.05, 0) is 31.6 Å². The Morgan fingerprint density at radius 3 is 2.65 bits per heavy atom. The van der Waals surface area contributed by atoms with Crippen molar-refractivity contribution in [3.05, 3.63) is 23.4 Å². The van der Waals surface area contributed by atoms with Crippen LogP contribution in [0.2, 0.25) is 0 Å². The average Bonchev–Trinajstić information content (AvgIpc) is 2.33. The molecule has 0 amide bonds. The number of rotatable bonds is 6. The maximum Gasteiger partial charge on any atom is 0.167 e. The molecule has 0 bridgehead atoms. The first-order chi connectivity index (χ1) is 8.08. The highest BCUT2D eigenvalue weighted by Crippen LogP contribution is 2.13. The molecule has 1 aromatic rings. The van der Waals surface area contributed by atoms with Gasteiger partial charge in [-0.3, -0.25) is 4.79 Å². The molecule has 1 heterocycles. The molecule has 0 unspecified atom stereocenters. The molecule has 0 aromatic carbocycles. The van der Waals surface area contributed by atoms with Crippen molar-refractivity contribution in [1.82, 2.24) is 9.88 Å². The molecule has 0 fully saturated rings. The number of ketones is 1. The van der Waals surface area contributed by atoms with Gasteiger partial charge >= 0.3 is 0 Å². The third kappa shape index (κ3) is 3.82. The number of anilines is 1. The first kappa shape index (κ1) is 13.6. The van der Waals surface area contributed by atoms with Crippen molar-refractivity contribution in [3.63, 3.8) is 0 Å². The Morgan fingerprint density at radius 1 is 1.41 bits per heavy atom. The maximum atomic E-state index is 12.0. The second-order valence-corrected chi connectivity index (χ2v) is 4.15. The van der Waals surface area contributed by atoms with Crippen LogP contribution in [0.3, 0.4) is 0 Å². The summed E-state index contributed by atoms with van der Waals surface area (Å²) in [5.41, 5.74) is 7.23. The van der Waals surface area contributed by atoms with Gasteiger partial charge in [0.05, 0.1) is 5.56 Å². The lowest BCUT2D eigenvalue weighted by atomic mass is 10.1. The van der Waals surface area contributed by atoms with Crippen LogP contribution < -0.4 is 5.73 Å². The summed E-state index contributed by atoms with van der Waals surface area (Å²) in [6.45, 7) is 8.80. The van der Waals surface area contributed by atoms with Crippen molar-refractivity contribution in [3.8, 4) is 0 Å². The highest BCUT2D eigenvalue weighted by atomic mass is 16.1. The third-order valence-electron chi connectivity index (χ3n) is 2.91. The van der Waals surface area contributed by atoms with Crippen molar-refractivity contribution in [2.75, 3.05) is 25.4 Å². The van der Waals surface area contributed by atoms with Crippen molar-refractivity contribution in [2.45, 2.75) is 27.2 Å². The van der Waals surface area contributed by atoms with E-state index in [1.54, 1.807) is 6.20 Å². The number of pyridine rings is 1. The van der Waals surface area contributed by atoms with Crippen molar-refractivity contribution in [2.24, 2.45) is 0 Å². The standard InChI is InChI=1S/C13H21N3O/c1-4-16(5-2)7-6-12(17)11-8-10(3)9-15-13(11)14/h8-9H,4-7H2,1-3H3,(H2,14,15). The zero-order valence-corrected chi connectivity index (χ0v) is 10.9. The molecule has 4 heteroatoms. The van der Waals surface area contributed by atoms with E-state index in [1.165, 1.54) is 0 Å². The number of nitrogens with two attached hydrogens (primary N) is 1. The Kier molecular flexibility index (Phi) is 5.10. The number of carbonyl (C=O) groups is 1. The van der Waals surface area contributed by atoms with E-state index in [0.29, 0.717) is 17.8 Å². The number of aryl methyl sites for hydroxylation is 1. The molecule has 1 aromatic heterocycles. The summed E-state index contributed by atoms with van der Waals surface area (Å²) in [6.07, 6.45) is 2.17. The van der Waals surface area contributed by atoms with Crippen molar-refractivity contribution >= 4 is 11.6 Å². The summed E-state index contributed by atoms with van der Waals surface area (Å²) in [5, 5.41) is 0. The van der Waals surface area contributed by atoms with Gasteiger partial charge in [0, 0.05) is 19.2 Å². The van der Waals surface area contributed by atoms with Gasteiger partial charge in [-0.15, -0.1) is 0 Å². The summed E-state index contributed by atoms with van der Waals surface area (Å²) in [6, 6.07) is 1.81. The fourth-order valence-corrected chi connectivity index (χ4v) is 1.74. The summed E-state index contributed by atoms with van der Waals surface area (Å²) in [4.78, 5) is 18.2. The molecule has 0 saturated carbocycles. The molecule has 2 N–H and O–H groups in total. The van der Waals surface area contributed by atoms with Crippen LogP contribution in [0.15, 0.2) is 12.3 Å². The second-order valence-electron chi connectivity index (χ2n) is 4.15. The Hall–Kier alpha value is -1.42. The van der Waals surface area contributed by atoms with Crippen LogP contribution in [0.5, 0.6) is 0 Å². The summed E-state index contributed by atoms with van der Waals surface area (Å²) in [7, 11) is 0. The number of carbonyl (C=O) groups excluding carboxylic acids is 1. The van der Waals surface area contributed by atoms with Crippen LogP contribution in [0.25, 0.3) is 0 Å². The lowest BCUT2D eigenvalue weighted by Crippen LogP contribution is -2.26.